The second-order valence-electron chi connectivity index (χ2n) is 8.00. The Kier molecular flexibility index (Phi) is 18.3. The maximum absolute atomic E-state index is 7.11. The van der Waals surface area contributed by atoms with Gasteiger partial charge in [0.2, 0.25) is 0 Å². The second kappa shape index (κ2) is 18.1. The van der Waals surface area contributed by atoms with Crippen molar-refractivity contribution in [2.24, 2.45) is 0 Å². The molecule has 0 fully saturated rings. The van der Waals surface area contributed by atoms with E-state index in [1.54, 1.807) is 0 Å². The van der Waals surface area contributed by atoms with E-state index >= 15 is 0 Å². The Morgan fingerprint density at radius 2 is 0.667 bits per heavy atom. The molecule has 0 radical (unpaired) electrons. The maximum atomic E-state index is 7.11. The standard InChI is InChI=1S/C23H47Cl/c1-4-7-10-13-16-19-22-23(24,20-17-14-11-8-5-2)21-18-15-12-9-6-3/h4-22H2,1-3H3. The molecule has 0 aromatic rings. The minimum absolute atomic E-state index is 0.114. The average Bonchev–Trinajstić information content (AvgIpc) is 2.58. The van der Waals surface area contributed by atoms with Crippen LogP contribution in [0.25, 0.3) is 0 Å². The number of hydrogen-bond acceptors (Lipinski definition) is 0. The first-order valence-corrected chi connectivity index (χ1v) is 11.7. The molecule has 0 saturated heterocycles. The Labute approximate surface area is 159 Å². The first-order valence-electron chi connectivity index (χ1n) is 11.4. The molecule has 0 spiro atoms. The summed E-state index contributed by atoms with van der Waals surface area (Å²) < 4.78 is 0. The van der Waals surface area contributed by atoms with E-state index in [4.69, 9.17) is 11.6 Å². The van der Waals surface area contributed by atoms with Gasteiger partial charge < -0.3 is 0 Å². The van der Waals surface area contributed by atoms with Gasteiger partial charge in [0.15, 0.2) is 0 Å². The Hall–Kier alpha value is 0.290. The summed E-state index contributed by atoms with van der Waals surface area (Å²) in [5, 5.41) is 0. The molecule has 0 saturated carbocycles. The van der Waals surface area contributed by atoms with Gasteiger partial charge in [-0.2, -0.15) is 0 Å². The summed E-state index contributed by atoms with van der Waals surface area (Å²) in [6.07, 6.45) is 25.8. The molecule has 0 N–H and O–H groups in total. The van der Waals surface area contributed by atoms with Gasteiger partial charge in [0, 0.05) is 4.87 Å². The van der Waals surface area contributed by atoms with Crippen LogP contribution in [0.4, 0.5) is 0 Å². The molecule has 0 heterocycles. The highest BCUT2D eigenvalue weighted by atomic mass is 35.5. The molecule has 0 aliphatic heterocycles. The zero-order chi connectivity index (χ0) is 17.9. The normalized spacial score (nSPS) is 12.0. The lowest BCUT2D eigenvalue weighted by Gasteiger charge is -2.27. The maximum Gasteiger partial charge on any atom is 0.0446 e. The van der Waals surface area contributed by atoms with Crippen molar-refractivity contribution in [1.82, 2.24) is 0 Å². The highest BCUT2D eigenvalue weighted by molar-refractivity contribution is 6.23. The van der Waals surface area contributed by atoms with Gasteiger partial charge in [-0.3, -0.25) is 0 Å². The van der Waals surface area contributed by atoms with E-state index in [9.17, 15) is 0 Å². The smallest absolute Gasteiger partial charge is 0.0446 e. The minimum Gasteiger partial charge on any atom is -0.119 e. The molecule has 0 unspecified atom stereocenters. The van der Waals surface area contributed by atoms with E-state index in [0.717, 1.165) is 0 Å². The lowest BCUT2D eigenvalue weighted by atomic mass is 9.88. The zero-order valence-corrected chi connectivity index (χ0v) is 18.1. The fraction of sp³-hybridized carbons (Fsp3) is 1.00. The van der Waals surface area contributed by atoms with Crippen LogP contribution in [-0.2, 0) is 0 Å². The van der Waals surface area contributed by atoms with Gasteiger partial charge in [0.25, 0.3) is 0 Å². The van der Waals surface area contributed by atoms with Crippen molar-refractivity contribution >= 4 is 11.6 Å². The van der Waals surface area contributed by atoms with E-state index in [-0.39, 0.29) is 4.87 Å². The summed E-state index contributed by atoms with van der Waals surface area (Å²) in [4.78, 5) is 0.114. The lowest BCUT2D eigenvalue weighted by Crippen LogP contribution is -2.21. The molecule has 24 heavy (non-hydrogen) atoms. The van der Waals surface area contributed by atoms with Crippen LogP contribution >= 0.6 is 11.6 Å². The van der Waals surface area contributed by atoms with Gasteiger partial charge in [0.1, 0.15) is 0 Å². The van der Waals surface area contributed by atoms with Gasteiger partial charge in [-0.25, -0.2) is 0 Å². The molecular formula is C23H47Cl. The molecule has 0 nitrogen and oxygen atoms in total. The van der Waals surface area contributed by atoms with Crippen molar-refractivity contribution < 1.29 is 0 Å². The molecule has 0 rings (SSSR count). The zero-order valence-electron chi connectivity index (χ0n) is 17.3. The lowest BCUT2D eigenvalue weighted by molar-refractivity contribution is 0.396. The first-order chi connectivity index (χ1) is 11.7. The predicted molar refractivity (Wildman–Crippen MR) is 113 cm³/mol. The van der Waals surface area contributed by atoms with Crippen LogP contribution < -0.4 is 0 Å². The van der Waals surface area contributed by atoms with Crippen molar-refractivity contribution in [2.75, 3.05) is 0 Å². The summed E-state index contributed by atoms with van der Waals surface area (Å²) >= 11 is 7.11. The summed E-state index contributed by atoms with van der Waals surface area (Å²) in [6.45, 7) is 6.88. The molecule has 0 aliphatic rings. The highest BCUT2D eigenvalue weighted by Gasteiger charge is 2.25. The van der Waals surface area contributed by atoms with Crippen LogP contribution in [0.2, 0.25) is 0 Å². The monoisotopic (exact) mass is 358 g/mol. The number of unbranched alkanes of at least 4 members (excludes halogenated alkanes) is 13. The molecule has 0 aromatic carbocycles. The molecule has 0 aliphatic carbocycles. The molecular weight excluding hydrogens is 312 g/mol. The fourth-order valence-corrected chi connectivity index (χ4v) is 4.09. The van der Waals surface area contributed by atoms with Gasteiger partial charge in [0.05, 0.1) is 0 Å². The number of rotatable bonds is 19. The van der Waals surface area contributed by atoms with Gasteiger partial charge in [-0.05, 0) is 19.3 Å². The third kappa shape index (κ3) is 15.8. The first kappa shape index (κ1) is 24.3. The number of hydrogen-bond donors (Lipinski definition) is 0. The van der Waals surface area contributed by atoms with E-state index in [2.05, 4.69) is 20.8 Å². The summed E-state index contributed by atoms with van der Waals surface area (Å²) in [7, 11) is 0. The molecule has 0 atom stereocenters. The van der Waals surface area contributed by atoms with Gasteiger partial charge in [-0.1, -0.05) is 124 Å². The van der Waals surface area contributed by atoms with Crippen molar-refractivity contribution in [3.05, 3.63) is 0 Å². The summed E-state index contributed by atoms with van der Waals surface area (Å²) in [5.41, 5.74) is 0. The van der Waals surface area contributed by atoms with Crippen molar-refractivity contribution in [3.63, 3.8) is 0 Å². The molecule has 0 aromatic heterocycles. The topological polar surface area (TPSA) is 0 Å². The van der Waals surface area contributed by atoms with Crippen LogP contribution in [-0.4, -0.2) is 4.87 Å². The third-order valence-electron chi connectivity index (χ3n) is 5.44. The Morgan fingerprint density at radius 1 is 0.417 bits per heavy atom. The van der Waals surface area contributed by atoms with Gasteiger partial charge >= 0.3 is 0 Å². The van der Waals surface area contributed by atoms with E-state index < -0.39 is 0 Å². The predicted octanol–water partition coefficient (Wildman–Crippen LogP) is 9.44. The van der Waals surface area contributed by atoms with Crippen molar-refractivity contribution in [2.45, 2.75) is 148 Å². The summed E-state index contributed by atoms with van der Waals surface area (Å²) in [5.74, 6) is 0. The SMILES string of the molecule is CCCCCCCCC(Cl)(CCCCCCC)CCCCCCC. The van der Waals surface area contributed by atoms with Crippen LogP contribution in [0.5, 0.6) is 0 Å². The van der Waals surface area contributed by atoms with Gasteiger partial charge in [-0.15, -0.1) is 11.6 Å². The van der Waals surface area contributed by atoms with E-state index in [1.807, 2.05) is 0 Å². The average molecular weight is 359 g/mol. The largest absolute Gasteiger partial charge is 0.119 e. The van der Waals surface area contributed by atoms with Crippen molar-refractivity contribution in [3.8, 4) is 0 Å². The quantitative estimate of drug-likeness (QED) is 0.159. The molecule has 0 bridgehead atoms. The molecule has 146 valence electrons. The Bertz CT molecular complexity index is 222. The number of halogens is 1. The van der Waals surface area contributed by atoms with Crippen molar-refractivity contribution in [1.29, 1.82) is 0 Å². The third-order valence-corrected chi connectivity index (χ3v) is 6.00. The Morgan fingerprint density at radius 3 is 0.958 bits per heavy atom. The van der Waals surface area contributed by atoms with Crippen LogP contribution in [0.3, 0.4) is 0 Å². The van der Waals surface area contributed by atoms with Crippen LogP contribution in [0, 0.1) is 0 Å². The summed E-state index contributed by atoms with van der Waals surface area (Å²) in [6, 6.07) is 0. The van der Waals surface area contributed by atoms with E-state index in [1.165, 1.54) is 122 Å². The molecule has 0 amide bonds. The van der Waals surface area contributed by atoms with Crippen LogP contribution in [0.15, 0.2) is 0 Å². The van der Waals surface area contributed by atoms with Crippen LogP contribution in [0.1, 0.15) is 143 Å². The highest BCUT2D eigenvalue weighted by Crippen LogP contribution is 2.35. The second-order valence-corrected chi connectivity index (χ2v) is 8.80. The minimum atomic E-state index is 0.114. The van der Waals surface area contributed by atoms with E-state index in [0.29, 0.717) is 0 Å². The number of alkyl halides is 1. The fourth-order valence-electron chi connectivity index (χ4n) is 3.69. The molecule has 1 heteroatoms. The Balaban J connectivity index is 4.00.